The first-order valence-corrected chi connectivity index (χ1v) is 11.5. The van der Waals surface area contributed by atoms with Gasteiger partial charge in [0.25, 0.3) is 5.91 Å². The molecule has 0 bridgehead atoms. The van der Waals surface area contributed by atoms with Crippen molar-refractivity contribution >= 4 is 15.9 Å². The highest BCUT2D eigenvalue weighted by atomic mass is 32.2. The van der Waals surface area contributed by atoms with Crippen molar-refractivity contribution in [2.45, 2.75) is 38.6 Å². The average molecular weight is 401 g/mol. The van der Waals surface area contributed by atoms with Crippen LogP contribution in [0.3, 0.4) is 0 Å². The van der Waals surface area contributed by atoms with E-state index in [-0.39, 0.29) is 17.7 Å². The molecule has 5 nitrogen and oxygen atoms in total. The van der Waals surface area contributed by atoms with Crippen molar-refractivity contribution in [2.24, 2.45) is 0 Å². The predicted molar refractivity (Wildman–Crippen MR) is 113 cm³/mol. The van der Waals surface area contributed by atoms with Crippen LogP contribution >= 0.6 is 0 Å². The number of carbonyl (C=O) groups is 1. The topological polar surface area (TPSA) is 66.5 Å². The molecular weight excluding hydrogens is 372 g/mol. The van der Waals surface area contributed by atoms with Gasteiger partial charge in [0.15, 0.2) is 0 Å². The Balaban J connectivity index is 1.53. The lowest BCUT2D eigenvalue weighted by molar-refractivity contribution is 0.0924. The molecule has 1 aliphatic rings. The third-order valence-electron chi connectivity index (χ3n) is 5.19. The Bertz CT molecular complexity index is 872. The third kappa shape index (κ3) is 5.20. The van der Waals surface area contributed by atoms with E-state index in [2.05, 4.69) is 5.32 Å². The lowest BCUT2D eigenvalue weighted by atomic mass is 10.0. The molecule has 150 valence electrons. The fourth-order valence-electron chi connectivity index (χ4n) is 3.45. The molecule has 1 saturated heterocycles. The van der Waals surface area contributed by atoms with Crippen molar-refractivity contribution in [1.29, 1.82) is 0 Å². The number of unbranched alkanes of at least 4 members (excludes halogenated alkanes) is 1. The number of amides is 1. The number of carbonyl (C=O) groups excluding carboxylic acids is 1. The molecule has 2 aromatic carbocycles. The fourth-order valence-corrected chi connectivity index (χ4v) is 5.13. The second-order valence-electron chi connectivity index (χ2n) is 7.26. The average Bonchev–Trinajstić information content (AvgIpc) is 2.73. The Morgan fingerprint density at radius 3 is 2.21 bits per heavy atom. The quantitative estimate of drug-likeness (QED) is 0.771. The van der Waals surface area contributed by atoms with E-state index in [9.17, 15) is 13.2 Å². The number of hydrogen-bond donors (Lipinski definition) is 1. The van der Waals surface area contributed by atoms with Crippen LogP contribution in [0.15, 0.2) is 54.6 Å². The molecule has 1 N–H and O–H groups in total. The molecular formula is C22H28N2O3S. The summed E-state index contributed by atoms with van der Waals surface area (Å²) in [7, 11) is -3.16. The van der Waals surface area contributed by atoms with Gasteiger partial charge >= 0.3 is 0 Å². The highest BCUT2D eigenvalue weighted by molar-refractivity contribution is 7.89. The monoisotopic (exact) mass is 400 g/mol. The van der Waals surface area contributed by atoms with Crippen molar-refractivity contribution in [3.63, 3.8) is 0 Å². The van der Waals surface area contributed by atoms with Crippen LogP contribution in [0, 0.1) is 0 Å². The molecule has 1 fully saturated rings. The van der Waals surface area contributed by atoms with Gasteiger partial charge < -0.3 is 5.32 Å². The number of sulfonamides is 1. The van der Waals surface area contributed by atoms with Crippen LogP contribution in [-0.4, -0.2) is 43.5 Å². The second-order valence-corrected chi connectivity index (χ2v) is 9.35. The number of piperidine rings is 1. The summed E-state index contributed by atoms with van der Waals surface area (Å²) in [6.07, 6.45) is 2.87. The number of hydrogen-bond acceptors (Lipinski definition) is 3. The summed E-state index contributed by atoms with van der Waals surface area (Å²) in [4.78, 5) is 12.5. The summed E-state index contributed by atoms with van der Waals surface area (Å²) in [5.41, 5.74) is 2.81. The van der Waals surface area contributed by atoms with Crippen LogP contribution in [-0.2, 0) is 10.0 Å². The van der Waals surface area contributed by atoms with Gasteiger partial charge in [-0.25, -0.2) is 12.7 Å². The summed E-state index contributed by atoms with van der Waals surface area (Å²) in [6, 6.07) is 17.6. The molecule has 0 spiro atoms. The highest BCUT2D eigenvalue weighted by Gasteiger charge is 2.28. The van der Waals surface area contributed by atoms with Gasteiger partial charge in [-0.1, -0.05) is 55.8 Å². The molecule has 0 aliphatic carbocycles. The van der Waals surface area contributed by atoms with Crippen molar-refractivity contribution < 1.29 is 13.2 Å². The van der Waals surface area contributed by atoms with Gasteiger partial charge in [0.1, 0.15) is 0 Å². The number of nitrogens with zero attached hydrogens (tertiary/aromatic N) is 1. The first-order valence-electron chi connectivity index (χ1n) is 9.94. The fraction of sp³-hybridized carbons (Fsp3) is 0.409. The van der Waals surface area contributed by atoms with E-state index in [4.69, 9.17) is 0 Å². The minimum atomic E-state index is -3.16. The maximum atomic E-state index is 12.5. The summed E-state index contributed by atoms with van der Waals surface area (Å²) in [5, 5.41) is 3.05. The normalized spacial score (nSPS) is 16.0. The largest absolute Gasteiger partial charge is 0.349 e. The van der Waals surface area contributed by atoms with Gasteiger partial charge in [-0.15, -0.1) is 0 Å². The minimum Gasteiger partial charge on any atom is -0.349 e. The lowest BCUT2D eigenvalue weighted by Crippen LogP contribution is -2.47. The van der Waals surface area contributed by atoms with E-state index in [1.807, 2.05) is 61.5 Å². The van der Waals surface area contributed by atoms with Crippen LogP contribution in [0.1, 0.15) is 43.0 Å². The van der Waals surface area contributed by atoms with Gasteiger partial charge in [-0.05, 0) is 42.5 Å². The molecule has 0 aromatic heterocycles. The van der Waals surface area contributed by atoms with Gasteiger partial charge in [0, 0.05) is 24.7 Å². The maximum Gasteiger partial charge on any atom is 0.251 e. The van der Waals surface area contributed by atoms with Crippen molar-refractivity contribution in [2.75, 3.05) is 18.8 Å². The summed E-state index contributed by atoms with van der Waals surface area (Å²) < 4.78 is 26.1. The Morgan fingerprint density at radius 1 is 1.00 bits per heavy atom. The molecule has 0 atom stereocenters. The van der Waals surface area contributed by atoms with Crippen LogP contribution in [0.25, 0.3) is 11.1 Å². The van der Waals surface area contributed by atoms with E-state index in [1.165, 1.54) is 0 Å². The Labute approximate surface area is 167 Å². The smallest absolute Gasteiger partial charge is 0.251 e. The minimum absolute atomic E-state index is 0.0129. The zero-order valence-corrected chi connectivity index (χ0v) is 17.1. The highest BCUT2D eigenvalue weighted by Crippen LogP contribution is 2.20. The molecule has 0 unspecified atom stereocenters. The van der Waals surface area contributed by atoms with Crippen molar-refractivity contribution in [3.8, 4) is 11.1 Å². The first-order chi connectivity index (χ1) is 13.5. The van der Waals surface area contributed by atoms with Crippen LogP contribution in [0.2, 0.25) is 0 Å². The van der Waals surface area contributed by atoms with E-state index >= 15 is 0 Å². The van der Waals surface area contributed by atoms with Gasteiger partial charge in [0.2, 0.25) is 10.0 Å². The van der Waals surface area contributed by atoms with Crippen LogP contribution in [0.5, 0.6) is 0 Å². The zero-order valence-electron chi connectivity index (χ0n) is 16.3. The Kier molecular flexibility index (Phi) is 6.86. The molecule has 0 saturated carbocycles. The molecule has 0 radical (unpaired) electrons. The van der Waals surface area contributed by atoms with Crippen LogP contribution in [0.4, 0.5) is 0 Å². The van der Waals surface area contributed by atoms with Crippen molar-refractivity contribution in [1.82, 2.24) is 9.62 Å². The Morgan fingerprint density at radius 2 is 1.61 bits per heavy atom. The summed E-state index contributed by atoms with van der Waals surface area (Å²) in [6.45, 7) is 2.94. The molecule has 1 heterocycles. The van der Waals surface area contributed by atoms with Gasteiger partial charge in [-0.3, -0.25) is 4.79 Å². The molecule has 3 rings (SSSR count). The zero-order chi connectivity index (χ0) is 20.0. The van der Waals surface area contributed by atoms with E-state index < -0.39 is 10.0 Å². The maximum absolute atomic E-state index is 12.5. The molecule has 2 aromatic rings. The molecule has 1 amide bonds. The number of rotatable bonds is 7. The van der Waals surface area contributed by atoms with E-state index in [1.54, 1.807) is 4.31 Å². The number of nitrogens with one attached hydrogen (secondary N) is 1. The molecule has 28 heavy (non-hydrogen) atoms. The van der Waals surface area contributed by atoms with Crippen molar-refractivity contribution in [3.05, 3.63) is 60.2 Å². The van der Waals surface area contributed by atoms with Gasteiger partial charge in [-0.2, -0.15) is 0 Å². The van der Waals surface area contributed by atoms with E-state index in [0.29, 0.717) is 37.9 Å². The second kappa shape index (κ2) is 9.34. The lowest BCUT2D eigenvalue weighted by Gasteiger charge is -2.31. The summed E-state index contributed by atoms with van der Waals surface area (Å²) in [5.74, 6) is 0.112. The standard InChI is InChI=1S/C22H28N2O3S/c1-2-3-17-28(26,27)24-15-13-21(14-16-24)23-22(25)20-11-9-19(10-12-20)18-7-5-4-6-8-18/h4-12,21H,2-3,13-17H2,1H3,(H,23,25). The predicted octanol–water partition coefficient (Wildman–Crippen LogP) is 3.68. The third-order valence-corrected chi connectivity index (χ3v) is 7.15. The first kappa shape index (κ1) is 20.6. The Hall–Kier alpha value is -2.18. The number of benzene rings is 2. The molecule has 1 aliphatic heterocycles. The van der Waals surface area contributed by atoms with Gasteiger partial charge in [0.05, 0.1) is 5.75 Å². The van der Waals surface area contributed by atoms with Crippen LogP contribution < -0.4 is 5.32 Å². The van der Waals surface area contributed by atoms with E-state index in [0.717, 1.165) is 17.5 Å². The SMILES string of the molecule is CCCCS(=O)(=O)N1CCC(NC(=O)c2ccc(-c3ccccc3)cc2)CC1. The summed E-state index contributed by atoms with van der Waals surface area (Å²) >= 11 is 0. The molecule has 6 heteroatoms.